The molecule has 0 aromatic heterocycles. The van der Waals surface area contributed by atoms with E-state index in [-0.39, 0.29) is 22.9 Å². The molecular weight excluding hydrogens is 366 g/mol. The quantitative estimate of drug-likeness (QED) is 0.713. The highest BCUT2D eigenvalue weighted by Gasteiger charge is 2.15. The zero-order valence-electron chi connectivity index (χ0n) is 15.3. The first-order valence-corrected chi connectivity index (χ1v) is 9.99. The molecule has 8 heteroatoms. The van der Waals surface area contributed by atoms with Crippen molar-refractivity contribution >= 4 is 21.8 Å². The summed E-state index contributed by atoms with van der Waals surface area (Å²) in [5, 5.41) is 2.58. The Bertz CT molecular complexity index is 881. The molecule has 0 radical (unpaired) electrons. The van der Waals surface area contributed by atoms with Crippen molar-refractivity contribution in [1.82, 2.24) is 14.9 Å². The second-order valence-electron chi connectivity index (χ2n) is 5.81. The van der Waals surface area contributed by atoms with E-state index in [1.54, 1.807) is 4.90 Å². The summed E-state index contributed by atoms with van der Waals surface area (Å²) in [6, 6.07) is 15.1. The molecule has 0 saturated heterocycles. The van der Waals surface area contributed by atoms with Crippen molar-refractivity contribution in [2.24, 2.45) is 0 Å². The standard InChI is InChI=1S/C19H23N3O4S/c1-3-22(14-15-7-5-4-6-8-15)18(23)13-21-19(24)16-9-11-17(12-10-16)27(25,26)20-2/h4-12,20H,3,13-14H2,1-2H3,(H,21,24). The minimum atomic E-state index is -3.55. The summed E-state index contributed by atoms with van der Waals surface area (Å²) in [6.45, 7) is 2.75. The topological polar surface area (TPSA) is 95.6 Å². The first-order valence-electron chi connectivity index (χ1n) is 8.51. The highest BCUT2D eigenvalue weighted by molar-refractivity contribution is 7.89. The fourth-order valence-corrected chi connectivity index (χ4v) is 3.18. The number of carbonyl (C=O) groups excluding carboxylic acids is 2. The minimum absolute atomic E-state index is 0.0673. The van der Waals surface area contributed by atoms with Crippen LogP contribution in [0.25, 0.3) is 0 Å². The molecule has 0 heterocycles. The van der Waals surface area contributed by atoms with Gasteiger partial charge in [-0.3, -0.25) is 9.59 Å². The van der Waals surface area contributed by atoms with Gasteiger partial charge in [0.2, 0.25) is 15.9 Å². The summed E-state index contributed by atoms with van der Waals surface area (Å²) >= 11 is 0. The molecule has 0 aliphatic carbocycles. The molecule has 0 fully saturated rings. The smallest absolute Gasteiger partial charge is 0.251 e. The Hall–Kier alpha value is -2.71. The van der Waals surface area contributed by atoms with Gasteiger partial charge < -0.3 is 10.2 Å². The number of rotatable bonds is 8. The Morgan fingerprint density at radius 1 is 1.00 bits per heavy atom. The van der Waals surface area contributed by atoms with E-state index in [9.17, 15) is 18.0 Å². The largest absolute Gasteiger partial charge is 0.343 e. The number of hydrogen-bond acceptors (Lipinski definition) is 4. The molecule has 0 atom stereocenters. The zero-order valence-corrected chi connectivity index (χ0v) is 16.1. The van der Waals surface area contributed by atoms with E-state index in [1.165, 1.54) is 31.3 Å². The summed E-state index contributed by atoms with van der Waals surface area (Å²) < 4.78 is 25.6. The molecule has 2 amide bonds. The highest BCUT2D eigenvalue weighted by atomic mass is 32.2. The number of sulfonamides is 1. The van der Waals surface area contributed by atoms with Gasteiger partial charge in [0.15, 0.2) is 0 Å². The number of carbonyl (C=O) groups is 2. The van der Waals surface area contributed by atoms with Gasteiger partial charge in [0, 0.05) is 18.7 Å². The van der Waals surface area contributed by atoms with E-state index in [2.05, 4.69) is 10.0 Å². The maximum Gasteiger partial charge on any atom is 0.251 e. The molecule has 0 unspecified atom stereocenters. The van der Waals surface area contributed by atoms with Crippen molar-refractivity contribution in [3.05, 3.63) is 65.7 Å². The van der Waals surface area contributed by atoms with Crippen molar-refractivity contribution in [3.8, 4) is 0 Å². The van der Waals surface area contributed by atoms with E-state index in [0.717, 1.165) is 5.56 Å². The van der Waals surface area contributed by atoms with E-state index in [0.29, 0.717) is 13.1 Å². The average Bonchev–Trinajstić information content (AvgIpc) is 2.70. The second kappa shape index (κ2) is 9.29. The molecule has 27 heavy (non-hydrogen) atoms. The predicted octanol–water partition coefficient (Wildman–Crippen LogP) is 1.37. The van der Waals surface area contributed by atoms with Crippen molar-refractivity contribution < 1.29 is 18.0 Å². The molecule has 0 spiro atoms. The number of likely N-dealkylation sites (N-methyl/N-ethyl adjacent to an activating group) is 1. The molecule has 2 aromatic carbocycles. The lowest BCUT2D eigenvalue weighted by atomic mass is 10.2. The lowest BCUT2D eigenvalue weighted by Crippen LogP contribution is -2.39. The monoisotopic (exact) mass is 389 g/mol. The summed E-state index contributed by atoms with van der Waals surface area (Å²) in [4.78, 5) is 26.3. The number of amides is 2. The van der Waals surface area contributed by atoms with Crippen LogP contribution in [0.4, 0.5) is 0 Å². The SMILES string of the molecule is CCN(Cc1ccccc1)C(=O)CNC(=O)c1ccc(S(=O)(=O)NC)cc1. The maximum absolute atomic E-state index is 12.4. The Balaban J connectivity index is 1.94. The van der Waals surface area contributed by atoms with Gasteiger partial charge in [0.1, 0.15) is 0 Å². The minimum Gasteiger partial charge on any atom is -0.343 e. The van der Waals surface area contributed by atoms with Crippen LogP contribution in [0.15, 0.2) is 59.5 Å². The molecule has 144 valence electrons. The Morgan fingerprint density at radius 3 is 2.19 bits per heavy atom. The first kappa shape index (κ1) is 20.6. The van der Waals surface area contributed by atoms with Crippen LogP contribution in [0.3, 0.4) is 0 Å². The van der Waals surface area contributed by atoms with Crippen LogP contribution in [0, 0.1) is 0 Å². The van der Waals surface area contributed by atoms with Gasteiger partial charge in [-0.2, -0.15) is 0 Å². The molecular formula is C19H23N3O4S. The van der Waals surface area contributed by atoms with Gasteiger partial charge in [0.25, 0.3) is 5.91 Å². The van der Waals surface area contributed by atoms with Gasteiger partial charge in [-0.05, 0) is 43.8 Å². The van der Waals surface area contributed by atoms with Gasteiger partial charge in [-0.1, -0.05) is 30.3 Å². The summed E-state index contributed by atoms with van der Waals surface area (Å²) in [7, 11) is -2.24. The van der Waals surface area contributed by atoms with Gasteiger partial charge >= 0.3 is 0 Å². The van der Waals surface area contributed by atoms with E-state index >= 15 is 0 Å². The highest BCUT2D eigenvalue weighted by Crippen LogP contribution is 2.10. The van der Waals surface area contributed by atoms with Crippen molar-refractivity contribution in [2.75, 3.05) is 20.1 Å². The third-order valence-electron chi connectivity index (χ3n) is 4.05. The third kappa shape index (κ3) is 5.63. The van der Waals surface area contributed by atoms with Crippen molar-refractivity contribution in [3.63, 3.8) is 0 Å². The fraction of sp³-hybridized carbons (Fsp3) is 0.263. The lowest BCUT2D eigenvalue weighted by molar-refractivity contribution is -0.130. The third-order valence-corrected chi connectivity index (χ3v) is 5.48. The van der Waals surface area contributed by atoms with Crippen molar-refractivity contribution in [1.29, 1.82) is 0 Å². The predicted molar refractivity (Wildman–Crippen MR) is 103 cm³/mol. The van der Waals surface area contributed by atoms with Crippen LogP contribution in [0.5, 0.6) is 0 Å². The Kier molecular flexibility index (Phi) is 7.09. The maximum atomic E-state index is 12.4. The van der Waals surface area contributed by atoms with Crippen LogP contribution >= 0.6 is 0 Å². The van der Waals surface area contributed by atoms with Gasteiger partial charge in [-0.15, -0.1) is 0 Å². The van der Waals surface area contributed by atoms with Crippen molar-refractivity contribution in [2.45, 2.75) is 18.4 Å². The fourth-order valence-electron chi connectivity index (χ4n) is 2.45. The van der Waals surface area contributed by atoms with Gasteiger partial charge in [-0.25, -0.2) is 13.1 Å². The second-order valence-corrected chi connectivity index (χ2v) is 7.69. The first-order chi connectivity index (χ1) is 12.9. The van der Waals surface area contributed by atoms with E-state index < -0.39 is 15.9 Å². The van der Waals surface area contributed by atoms with Crippen LogP contribution in [-0.4, -0.2) is 45.3 Å². The molecule has 2 N–H and O–H groups in total. The van der Waals surface area contributed by atoms with Crippen LogP contribution < -0.4 is 10.0 Å². The molecule has 0 aliphatic rings. The molecule has 0 aliphatic heterocycles. The zero-order chi connectivity index (χ0) is 19.9. The molecule has 0 bridgehead atoms. The molecule has 7 nitrogen and oxygen atoms in total. The summed E-state index contributed by atoms with van der Waals surface area (Å²) in [5.41, 5.74) is 1.30. The molecule has 0 saturated carbocycles. The average molecular weight is 389 g/mol. The van der Waals surface area contributed by atoms with Crippen LogP contribution in [0.2, 0.25) is 0 Å². The summed E-state index contributed by atoms with van der Waals surface area (Å²) in [5.74, 6) is -0.628. The van der Waals surface area contributed by atoms with Crippen LogP contribution in [0.1, 0.15) is 22.8 Å². The normalized spacial score (nSPS) is 11.0. The van der Waals surface area contributed by atoms with Gasteiger partial charge in [0.05, 0.1) is 11.4 Å². The van der Waals surface area contributed by atoms with E-state index in [4.69, 9.17) is 0 Å². The number of hydrogen-bond donors (Lipinski definition) is 2. The summed E-state index contributed by atoms with van der Waals surface area (Å²) in [6.07, 6.45) is 0. The number of benzene rings is 2. The van der Waals surface area contributed by atoms with Crippen LogP contribution in [-0.2, 0) is 21.4 Å². The Morgan fingerprint density at radius 2 is 1.63 bits per heavy atom. The Labute approximate surface area is 159 Å². The molecule has 2 aromatic rings. The lowest BCUT2D eigenvalue weighted by Gasteiger charge is -2.21. The van der Waals surface area contributed by atoms with E-state index in [1.807, 2.05) is 37.3 Å². The molecule has 2 rings (SSSR count). The number of nitrogens with one attached hydrogen (secondary N) is 2. The number of nitrogens with zero attached hydrogens (tertiary/aromatic N) is 1.